The van der Waals surface area contributed by atoms with Gasteiger partial charge in [-0.2, -0.15) is 5.10 Å². The summed E-state index contributed by atoms with van der Waals surface area (Å²) < 4.78 is 15.2. The second-order valence-electron chi connectivity index (χ2n) is 4.78. The van der Waals surface area contributed by atoms with Crippen molar-refractivity contribution >= 4 is 17.6 Å². The lowest BCUT2D eigenvalue weighted by atomic mass is 10.2. The van der Waals surface area contributed by atoms with Gasteiger partial charge in [0.25, 0.3) is 0 Å². The molecule has 1 aliphatic carbocycles. The molecule has 1 amide bonds. The van der Waals surface area contributed by atoms with Crippen molar-refractivity contribution in [1.29, 1.82) is 0 Å². The third-order valence-corrected chi connectivity index (χ3v) is 3.33. The van der Waals surface area contributed by atoms with Gasteiger partial charge in [0, 0.05) is 5.69 Å². The molecule has 0 radical (unpaired) electrons. The number of halogens is 1. The second kappa shape index (κ2) is 4.97. The van der Waals surface area contributed by atoms with Gasteiger partial charge in [-0.25, -0.2) is 14.1 Å². The van der Waals surface area contributed by atoms with Crippen molar-refractivity contribution in [2.45, 2.75) is 6.42 Å². The van der Waals surface area contributed by atoms with Crippen LogP contribution in [0.4, 0.5) is 10.1 Å². The van der Waals surface area contributed by atoms with Gasteiger partial charge in [-0.15, -0.1) is 0 Å². The van der Waals surface area contributed by atoms with Gasteiger partial charge in [0.1, 0.15) is 18.3 Å². The third-order valence-electron chi connectivity index (χ3n) is 3.33. The first-order chi connectivity index (χ1) is 10.1. The van der Waals surface area contributed by atoms with Gasteiger partial charge in [0.2, 0.25) is 5.91 Å². The Kier molecular flexibility index (Phi) is 3.13. The van der Waals surface area contributed by atoms with Crippen molar-refractivity contribution < 1.29 is 19.1 Å². The third kappa shape index (κ3) is 2.60. The van der Waals surface area contributed by atoms with Crippen LogP contribution in [0.2, 0.25) is 0 Å². The molecule has 1 saturated carbocycles. The van der Waals surface area contributed by atoms with E-state index < -0.39 is 29.5 Å². The van der Waals surface area contributed by atoms with Crippen LogP contribution in [0.3, 0.4) is 0 Å². The molecule has 1 aliphatic rings. The fourth-order valence-electron chi connectivity index (χ4n) is 2.10. The molecule has 1 aromatic carbocycles. The molecule has 2 N–H and O–H groups in total. The summed E-state index contributed by atoms with van der Waals surface area (Å²) in [5, 5.41) is 15.1. The Bertz CT molecular complexity index is 701. The van der Waals surface area contributed by atoms with Gasteiger partial charge in [-0.1, -0.05) is 0 Å². The van der Waals surface area contributed by atoms with E-state index in [9.17, 15) is 14.0 Å². The number of hydrogen-bond acceptors (Lipinski definition) is 4. The lowest BCUT2D eigenvalue weighted by Crippen LogP contribution is -2.17. The summed E-state index contributed by atoms with van der Waals surface area (Å²) in [5.41, 5.74) is 0.484. The Labute approximate surface area is 118 Å². The predicted molar refractivity (Wildman–Crippen MR) is 69.2 cm³/mol. The van der Waals surface area contributed by atoms with Crippen LogP contribution in [0.15, 0.2) is 30.9 Å². The summed E-state index contributed by atoms with van der Waals surface area (Å²) in [6.07, 6.45) is 2.97. The fraction of sp³-hybridized carbons (Fsp3) is 0.231. The zero-order valence-corrected chi connectivity index (χ0v) is 10.7. The summed E-state index contributed by atoms with van der Waals surface area (Å²) in [6, 6.07) is 4.14. The molecule has 21 heavy (non-hydrogen) atoms. The van der Waals surface area contributed by atoms with Crippen LogP contribution in [-0.4, -0.2) is 31.7 Å². The van der Waals surface area contributed by atoms with Crippen molar-refractivity contribution in [3.63, 3.8) is 0 Å². The molecule has 0 saturated heterocycles. The molecular weight excluding hydrogens is 279 g/mol. The average Bonchev–Trinajstić information content (AvgIpc) is 3.08. The lowest BCUT2D eigenvalue weighted by molar-refractivity contribution is -0.139. The first kappa shape index (κ1) is 13.2. The minimum atomic E-state index is -0.983. The highest BCUT2D eigenvalue weighted by Crippen LogP contribution is 2.39. The minimum absolute atomic E-state index is 0.209. The van der Waals surface area contributed by atoms with Gasteiger partial charge in [-0.3, -0.25) is 9.59 Å². The number of carboxylic acid groups (broad SMARTS) is 1. The number of carbonyl (C=O) groups is 2. The Morgan fingerprint density at radius 1 is 1.38 bits per heavy atom. The van der Waals surface area contributed by atoms with E-state index in [0.29, 0.717) is 6.42 Å². The topological polar surface area (TPSA) is 97.1 Å². The first-order valence-corrected chi connectivity index (χ1v) is 6.24. The number of benzene rings is 1. The van der Waals surface area contributed by atoms with Crippen molar-refractivity contribution in [3.05, 3.63) is 36.7 Å². The molecule has 108 valence electrons. The van der Waals surface area contributed by atoms with E-state index in [0.717, 1.165) is 6.07 Å². The quantitative estimate of drug-likeness (QED) is 0.877. The smallest absolute Gasteiger partial charge is 0.307 e. The number of carbonyl (C=O) groups excluding carboxylic acids is 1. The maximum absolute atomic E-state index is 14.0. The molecule has 0 spiro atoms. The number of rotatable bonds is 4. The molecule has 1 heterocycles. The van der Waals surface area contributed by atoms with E-state index in [-0.39, 0.29) is 11.4 Å². The number of nitrogens with one attached hydrogen (secondary N) is 1. The van der Waals surface area contributed by atoms with Gasteiger partial charge in [-0.05, 0) is 24.6 Å². The Balaban J connectivity index is 1.72. The van der Waals surface area contributed by atoms with Crippen molar-refractivity contribution in [3.8, 4) is 5.69 Å². The predicted octanol–water partition coefficient (Wildman–Crippen LogP) is 1.07. The van der Waals surface area contributed by atoms with Crippen LogP contribution < -0.4 is 5.32 Å². The lowest BCUT2D eigenvalue weighted by Gasteiger charge is -2.07. The number of nitrogens with zero attached hydrogens (tertiary/aromatic N) is 3. The normalized spacial score (nSPS) is 20.0. The van der Waals surface area contributed by atoms with E-state index in [1.165, 1.54) is 29.5 Å². The van der Waals surface area contributed by atoms with Gasteiger partial charge in [0.15, 0.2) is 5.82 Å². The maximum atomic E-state index is 14.0. The monoisotopic (exact) mass is 290 g/mol. The molecule has 3 rings (SSSR count). The van der Waals surface area contributed by atoms with Crippen molar-refractivity contribution in [2.24, 2.45) is 11.8 Å². The van der Waals surface area contributed by atoms with E-state index in [1.807, 2.05) is 0 Å². The van der Waals surface area contributed by atoms with E-state index in [1.54, 1.807) is 0 Å². The Hall–Kier alpha value is -2.77. The summed E-state index contributed by atoms with van der Waals surface area (Å²) in [5.74, 6) is -3.13. The first-order valence-electron chi connectivity index (χ1n) is 6.24. The van der Waals surface area contributed by atoms with Crippen molar-refractivity contribution in [1.82, 2.24) is 14.8 Å². The number of anilines is 1. The zero-order chi connectivity index (χ0) is 15.0. The van der Waals surface area contributed by atoms with Crippen LogP contribution in [0.25, 0.3) is 5.69 Å². The Morgan fingerprint density at radius 3 is 2.76 bits per heavy atom. The SMILES string of the molecule is O=C(O)[C@H]1C[C@H]1C(=O)Nc1ccc(-n2cncn2)c(F)c1. The molecule has 1 aromatic heterocycles. The second-order valence-corrected chi connectivity index (χ2v) is 4.78. The zero-order valence-electron chi connectivity index (χ0n) is 10.7. The van der Waals surface area contributed by atoms with Crippen LogP contribution in [0.1, 0.15) is 6.42 Å². The van der Waals surface area contributed by atoms with Crippen LogP contribution in [-0.2, 0) is 9.59 Å². The highest BCUT2D eigenvalue weighted by Gasteiger charge is 2.48. The molecule has 7 nitrogen and oxygen atoms in total. The molecule has 8 heteroatoms. The molecule has 0 bridgehead atoms. The van der Waals surface area contributed by atoms with E-state index >= 15 is 0 Å². The average molecular weight is 290 g/mol. The van der Waals surface area contributed by atoms with E-state index in [2.05, 4.69) is 15.4 Å². The van der Waals surface area contributed by atoms with Gasteiger partial charge < -0.3 is 10.4 Å². The van der Waals surface area contributed by atoms with Gasteiger partial charge in [0.05, 0.1) is 11.8 Å². The molecular formula is C13H11FN4O3. The molecule has 2 atom stereocenters. The number of hydrogen-bond donors (Lipinski definition) is 2. The van der Waals surface area contributed by atoms with Gasteiger partial charge >= 0.3 is 5.97 Å². The number of aliphatic carboxylic acids is 1. The number of amides is 1. The minimum Gasteiger partial charge on any atom is -0.481 e. The van der Waals surface area contributed by atoms with Crippen molar-refractivity contribution in [2.75, 3.05) is 5.32 Å². The Morgan fingerprint density at radius 2 is 2.19 bits per heavy atom. The number of aromatic nitrogens is 3. The number of carboxylic acids is 1. The summed E-state index contributed by atoms with van der Waals surface area (Å²) in [6.45, 7) is 0. The molecule has 2 aromatic rings. The largest absolute Gasteiger partial charge is 0.481 e. The molecule has 0 unspecified atom stereocenters. The van der Waals surface area contributed by atoms with Crippen LogP contribution >= 0.6 is 0 Å². The highest BCUT2D eigenvalue weighted by atomic mass is 19.1. The van der Waals surface area contributed by atoms with E-state index in [4.69, 9.17) is 5.11 Å². The van der Waals surface area contributed by atoms with Crippen LogP contribution in [0, 0.1) is 17.7 Å². The molecule has 0 aliphatic heterocycles. The fourth-order valence-corrected chi connectivity index (χ4v) is 2.10. The molecule has 1 fully saturated rings. The summed E-state index contributed by atoms with van der Waals surface area (Å²) in [7, 11) is 0. The summed E-state index contributed by atoms with van der Waals surface area (Å²) in [4.78, 5) is 26.2. The maximum Gasteiger partial charge on any atom is 0.307 e. The van der Waals surface area contributed by atoms with Crippen LogP contribution in [0.5, 0.6) is 0 Å². The highest BCUT2D eigenvalue weighted by molar-refractivity contribution is 5.98. The standard InChI is InChI=1S/C13H11FN4O3/c14-10-3-7(1-2-11(10)18-6-15-5-16-18)17-12(19)8-4-9(8)13(20)21/h1-3,5-6,8-9H,4H2,(H,17,19)(H,20,21)/t8-,9+/m1/s1. The summed E-state index contributed by atoms with van der Waals surface area (Å²) >= 11 is 0.